The van der Waals surface area contributed by atoms with E-state index in [0.29, 0.717) is 17.9 Å². The van der Waals surface area contributed by atoms with Crippen LogP contribution in [0.2, 0.25) is 5.02 Å². The monoisotopic (exact) mass is 210 g/mol. The van der Waals surface area contributed by atoms with E-state index in [9.17, 15) is 4.79 Å². The first-order valence-electron chi connectivity index (χ1n) is 4.57. The number of aliphatic carboxylic acids is 1. The predicted molar refractivity (Wildman–Crippen MR) is 54.7 cm³/mol. The molecule has 0 radical (unpaired) electrons. The zero-order valence-electron chi connectivity index (χ0n) is 7.88. The van der Waals surface area contributed by atoms with Crippen molar-refractivity contribution in [2.24, 2.45) is 0 Å². The fourth-order valence-corrected chi connectivity index (χ4v) is 2.05. The minimum absolute atomic E-state index is 0.604. The van der Waals surface area contributed by atoms with E-state index in [1.165, 1.54) is 0 Å². The van der Waals surface area contributed by atoms with Crippen LogP contribution in [0.25, 0.3) is 0 Å². The largest absolute Gasteiger partial charge is 0.481 e. The number of carboxylic acids is 1. The summed E-state index contributed by atoms with van der Waals surface area (Å²) in [4.78, 5) is 11.1. The quantitative estimate of drug-likeness (QED) is 0.815. The molecule has 74 valence electrons. The van der Waals surface area contributed by atoms with Crippen molar-refractivity contribution in [1.29, 1.82) is 0 Å². The third-order valence-corrected chi connectivity index (χ3v) is 3.37. The summed E-state index contributed by atoms with van der Waals surface area (Å²) >= 11 is 6.10. The first kappa shape index (κ1) is 9.53. The van der Waals surface area contributed by atoms with E-state index in [1.807, 2.05) is 25.1 Å². The maximum absolute atomic E-state index is 11.1. The van der Waals surface area contributed by atoms with Gasteiger partial charge in [0.15, 0.2) is 0 Å². The average Bonchev–Trinajstić information content (AvgIpc) is 2.90. The van der Waals surface area contributed by atoms with Gasteiger partial charge in [-0.25, -0.2) is 0 Å². The molecule has 1 aliphatic rings. The summed E-state index contributed by atoms with van der Waals surface area (Å²) < 4.78 is 0. The summed E-state index contributed by atoms with van der Waals surface area (Å²) in [6.45, 7) is 1.89. The Bertz CT molecular complexity index is 394. The first-order valence-corrected chi connectivity index (χ1v) is 4.95. The number of halogens is 1. The van der Waals surface area contributed by atoms with Crippen molar-refractivity contribution in [2.45, 2.75) is 25.2 Å². The van der Waals surface area contributed by atoms with Crippen LogP contribution in [-0.4, -0.2) is 11.1 Å². The summed E-state index contributed by atoms with van der Waals surface area (Å²) in [5, 5.41) is 9.72. The highest BCUT2D eigenvalue weighted by Gasteiger charge is 2.52. The average molecular weight is 211 g/mol. The molecule has 1 aromatic carbocycles. The number of benzene rings is 1. The zero-order chi connectivity index (χ0) is 10.3. The van der Waals surface area contributed by atoms with E-state index < -0.39 is 11.4 Å². The van der Waals surface area contributed by atoms with E-state index in [2.05, 4.69) is 0 Å². The minimum atomic E-state index is -0.759. The van der Waals surface area contributed by atoms with Crippen LogP contribution < -0.4 is 0 Å². The molecule has 0 amide bonds. The molecule has 1 aromatic rings. The molecule has 0 aromatic heterocycles. The predicted octanol–water partition coefficient (Wildman–Crippen LogP) is 2.76. The summed E-state index contributed by atoms with van der Waals surface area (Å²) in [5.41, 5.74) is 1.02. The topological polar surface area (TPSA) is 37.3 Å². The summed E-state index contributed by atoms with van der Waals surface area (Å²) in [7, 11) is 0. The second kappa shape index (κ2) is 2.99. The van der Waals surface area contributed by atoms with Gasteiger partial charge < -0.3 is 5.11 Å². The van der Waals surface area contributed by atoms with Crippen molar-refractivity contribution in [2.75, 3.05) is 0 Å². The SMILES string of the molecule is Cc1cccc(C2(C(=O)O)CC2)c1Cl. The normalized spacial score (nSPS) is 17.9. The standard InChI is InChI=1S/C11H11ClO2/c1-7-3-2-4-8(9(7)12)11(5-6-11)10(13)14/h2-4H,5-6H2,1H3,(H,13,14). The molecule has 1 saturated carbocycles. The van der Waals surface area contributed by atoms with Gasteiger partial charge in [-0.05, 0) is 30.9 Å². The number of aryl methyl sites for hydroxylation is 1. The molecule has 2 rings (SSSR count). The van der Waals surface area contributed by atoms with Gasteiger partial charge in [0.1, 0.15) is 0 Å². The van der Waals surface area contributed by atoms with Crippen LogP contribution >= 0.6 is 11.6 Å². The van der Waals surface area contributed by atoms with Crippen LogP contribution in [0.5, 0.6) is 0 Å². The lowest BCUT2D eigenvalue weighted by Crippen LogP contribution is -2.20. The van der Waals surface area contributed by atoms with Crippen LogP contribution in [0.4, 0.5) is 0 Å². The molecule has 0 bridgehead atoms. The van der Waals surface area contributed by atoms with Crippen LogP contribution in [0, 0.1) is 6.92 Å². The number of hydrogen-bond donors (Lipinski definition) is 1. The molecular formula is C11H11ClO2. The van der Waals surface area contributed by atoms with Gasteiger partial charge in [-0.2, -0.15) is 0 Å². The second-order valence-corrected chi connectivity index (χ2v) is 4.20. The molecule has 0 aliphatic heterocycles. The maximum atomic E-state index is 11.1. The van der Waals surface area contributed by atoms with Gasteiger partial charge in [0.2, 0.25) is 0 Å². The Morgan fingerprint density at radius 2 is 2.14 bits per heavy atom. The molecule has 1 N–H and O–H groups in total. The molecule has 1 aliphatic carbocycles. The fraction of sp³-hybridized carbons (Fsp3) is 0.364. The zero-order valence-corrected chi connectivity index (χ0v) is 8.64. The smallest absolute Gasteiger partial charge is 0.314 e. The summed E-state index contributed by atoms with van der Waals surface area (Å²) in [6, 6.07) is 5.57. The van der Waals surface area contributed by atoms with Gasteiger partial charge in [0.05, 0.1) is 5.41 Å². The van der Waals surface area contributed by atoms with Gasteiger partial charge in [0.25, 0.3) is 0 Å². The maximum Gasteiger partial charge on any atom is 0.314 e. The van der Waals surface area contributed by atoms with Crippen molar-refractivity contribution < 1.29 is 9.90 Å². The number of carbonyl (C=O) groups is 1. The van der Waals surface area contributed by atoms with Crippen LogP contribution in [-0.2, 0) is 10.2 Å². The number of rotatable bonds is 2. The van der Waals surface area contributed by atoms with E-state index >= 15 is 0 Å². The van der Waals surface area contributed by atoms with Crippen LogP contribution in [0.15, 0.2) is 18.2 Å². The minimum Gasteiger partial charge on any atom is -0.481 e. The summed E-state index contributed by atoms with van der Waals surface area (Å²) in [6.07, 6.45) is 1.40. The second-order valence-electron chi connectivity index (χ2n) is 3.82. The Hall–Kier alpha value is -1.02. The molecule has 0 saturated heterocycles. The first-order chi connectivity index (χ1) is 6.58. The van der Waals surface area contributed by atoms with Gasteiger partial charge in [0, 0.05) is 5.02 Å². The van der Waals surface area contributed by atoms with E-state index in [0.717, 1.165) is 11.1 Å². The van der Waals surface area contributed by atoms with Gasteiger partial charge in [-0.15, -0.1) is 0 Å². The van der Waals surface area contributed by atoms with Crippen molar-refractivity contribution >= 4 is 17.6 Å². The van der Waals surface area contributed by atoms with Crippen molar-refractivity contribution in [3.05, 3.63) is 34.3 Å². The number of hydrogen-bond acceptors (Lipinski definition) is 1. The highest BCUT2D eigenvalue weighted by molar-refractivity contribution is 6.32. The lowest BCUT2D eigenvalue weighted by atomic mass is 9.94. The van der Waals surface area contributed by atoms with Crippen LogP contribution in [0.3, 0.4) is 0 Å². The van der Waals surface area contributed by atoms with Crippen molar-refractivity contribution in [1.82, 2.24) is 0 Å². The molecule has 0 heterocycles. The molecule has 3 heteroatoms. The van der Waals surface area contributed by atoms with E-state index in [-0.39, 0.29) is 0 Å². The lowest BCUT2D eigenvalue weighted by molar-refractivity contribution is -0.140. The van der Waals surface area contributed by atoms with Crippen LogP contribution in [0.1, 0.15) is 24.0 Å². The van der Waals surface area contributed by atoms with Gasteiger partial charge in [-0.3, -0.25) is 4.79 Å². The van der Waals surface area contributed by atoms with Gasteiger partial charge in [-0.1, -0.05) is 29.8 Å². The molecule has 0 unspecified atom stereocenters. The number of carboxylic acid groups (broad SMARTS) is 1. The van der Waals surface area contributed by atoms with Crippen molar-refractivity contribution in [3.8, 4) is 0 Å². The summed E-state index contributed by atoms with van der Waals surface area (Å²) in [5.74, 6) is -0.759. The Morgan fingerprint density at radius 1 is 1.50 bits per heavy atom. The molecule has 0 atom stereocenters. The third kappa shape index (κ3) is 1.22. The van der Waals surface area contributed by atoms with E-state index in [4.69, 9.17) is 16.7 Å². The molecule has 2 nitrogen and oxygen atoms in total. The molecular weight excluding hydrogens is 200 g/mol. The molecule has 14 heavy (non-hydrogen) atoms. The molecule has 0 spiro atoms. The Balaban J connectivity index is 2.52. The molecule has 1 fully saturated rings. The van der Waals surface area contributed by atoms with Crippen molar-refractivity contribution in [3.63, 3.8) is 0 Å². The fourth-order valence-electron chi connectivity index (χ4n) is 1.74. The third-order valence-electron chi connectivity index (χ3n) is 2.87. The Kier molecular flexibility index (Phi) is 2.04. The van der Waals surface area contributed by atoms with Gasteiger partial charge >= 0.3 is 5.97 Å². The van der Waals surface area contributed by atoms with E-state index in [1.54, 1.807) is 0 Å². The highest BCUT2D eigenvalue weighted by atomic mass is 35.5. The highest BCUT2D eigenvalue weighted by Crippen LogP contribution is 2.51. The lowest BCUT2D eigenvalue weighted by Gasteiger charge is -2.13. The Morgan fingerprint density at radius 3 is 2.64 bits per heavy atom. The Labute approximate surface area is 87.5 Å².